The molecule has 3 nitrogen and oxygen atoms in total. The fourth-order valence-electron chi connectivity index (χ4n) is 1.77. The fourth-order valence-corrected chi connectivity index (χ4v) is 1.95. The molecule has 0 saturated heterocycles. The third-order valence-electron chi connectivity index (χ3n) is 2.64. The number of rotatable bonds is 4. The molecular weight excluding hydrogens is 236 g/mol. The van der Waals surface area contributed by atoms with Gasteiger partial charge in [-0.3, -0.25) is 0 Å². The Labute approximate surface area is 106 Å². The van der Waals surface area contributed by atoms with Crippen molar-refractivity contribution in [3.8, 4) is 0 Å². The summed E-state index contributed by atoms with van der Waals surface area (Å²) in [4.78, 5) is 2.14. The molecular formula is C13H15ClN2O. The van der Waals surface area contributed by atoms with Gasteiger partial charge in [-0.15, -0.1) is 0 Å². The second-order valence-electron chi connectivity index (χ2n) is 3.80. The number of nitrogens with zero attached hydrogens (tertiary/aromatic N) is 1. The van der Waals surface area contributed by atoms with Gasteiger partial charge in [0.2, 0.25) is 0 Å². The average molecular weight is 251 g/mol. The molecule has 0 amide bonds. The summed E-state index contributed by atoms with van der Waals surface area (Å²) in [5, 5.41) is 0.653. The van der Waals surface area contributed by atoms with Crippen LogP contribution in [0.4, 0.5) is 11.4 Å². The highest BCUT2D eigenvalue weighted by Crippen LogP contribution is 2.27. The minimum atomic E-state index is 0.653. The molecule has 2 N–H and O–H groups in total. The van der Waals surface area contributed by atoms with E-state index in [0.29, 0.717) is 17.3 Å². The van der Waals surface area contributed by atoms with Crippen LogP contribution in [-0.2, 0) is 6.54 Å². The van der Waals surface area contributed by atoms with Crippen molar-refractivity contribution in [1.82, 2.24) is 0 Å². The number of nitrogen functional groups attached to an aromatic ring is 1. The van der Waals surface area contributed by atoms with Gasteiger partial charge < -0.3 is 15.1 Å². The minimum absolute atomic E-state index is 0.653. The van der Waals surface area contributed by atoms with Crippen molar-refractivity contribution in [1.29, 1.82) is 0 Å². The maximum atomic E-state index is 5.97. The molecule has 0 atom stereocenters. The molecule has 0 aliphatic heterocycles. The molecule has 0 bridgehead atoms. The third-order valence-corrected chi connectivity index (χ3v) is 2.87. The Hall–Kier alpha value is -1.61. The largest absolute Gasteiger partial charge is 0.467 e. The molecule has 0 saturated carbocycles. The zero-order valence-electron chi connectivity index (χ0n) is 9.69. The van der Waals surface area contributed by atoms with Gasteiger partial charge in [-0.05, 0) is 37.3 Å². The lowest BCUT2D eigenvalue weighted by Gasteiger charge is -2.23. The Bertz CT molecular complexity index is 482. The first-order chi connectivity index (χ1) is 8.20. The van der Waals surface area contributed by atoms with Gasteiger partial charge in [-0.25, -0.2) is 0 Å². The van der Waals surface area contributed by atoms with Gasteiger partial charge in [-0.2, -0.15) is 0 Å². The first kappa shape index (κ1) is 11.9. The number of furan rings is 1. The highest BCUT2D eigenvalue weighted by Gasteiger charge is 2.10. The lowest BCUT2D eigenvalue weighted by Crippen LogP contribution is -2.22. The second-order valence-corrected chi connectivity index (χ2v) is 4.23. The Morgan fingerprint density at radius 2 is 2.18 bits per heavy atom. The second kappa shape index (κ2) is 5.15. The van der Waals surface area contributed by atoms with Crippen molar-refractivity contribution < 1.29 is 4.42 Å². The van der Waals surface area contributed by atoms with E-state index in [9.17, 15) is 0 Å². The molecule has 1 aromatic heterocycles. The number of hydrogen-bond donors (Lipinski definition) is 1. The molecule has 0 aliphatic carbocycles. The summed E-state index contributed by atoms with van der Waals surface area (Å²) >= 11 is 5.89. The molecule has 1 aromatic carbocycles. The topological polar surface area (TPSA) is 42.4 Å². The van der Waals surface area contributed by atoms with E-state index in [4.69, 9.17) is 21.8 Å². The molecule has 0 unspecified atom stereocenters. The van der Waals surface area contributed by atoms with E-state index < -0.39 is 0 Å². The Kier molecular flexibility index (Phi) is 3.59. The van der Waals surface area contributed by atoms with E-state index in [1.807, 2.05) is 24.3 Å². The van der Waals surface area contributed by atoms with Crippen molar-refractivity contribution >= 4 is 23.0 Å². The van der Waals surface area contributed by atoms with Crippen LogP contribution in [0.2, 0.25) is 5.02 Å². The third kappa shape index (κ3) is 2.74. The molecule has 2 aromatic rings. The van der Waals surface area contributed by atoms with Crippen molar-refractivity contribution in [2.24, 2.45) is 0 Å². The van der Waals surface area contributed by atoms with Crippen LogP contribution < -0.4 is 10.6 Å². The number of anilines is 2. The monoisotopic (exact) mass is 250 g/mol. The predicted octanol–water partition coefficient (Wildman–Crippen LogP) is 3.54. The zero-order chi connectivity index (χ0) is 12.3. The smallest absolute Gasteiger partial charge is 0.123 e. The Balaban J connectivity index is 2.23. The van der Waals surface area contributed by atoms with Crippen LogP contribution >= 0.6 is 11.6 Å². The maximum Gasteiger partial charge on any atom is 0.123 e. The lowest BCUT2D eigenvalue weighted by molar-refractivity contribution is 0.504. The Morgan fingerprint density at radius 1 is 1.35 bits per heavy atom. The highest BCUT2D eigenvalue weighted by atomic mass is 35.5. The minimum Gasteiger partial charge on any atom is -0.467 e. The van der Waals surface area contributed by atoms with Crippen molar-refractivity contribution in [2.75, 3.05) is 17.2 Å². The zero-order valence-corrected chi connectivity index (χ0v) is 10.4. The highest BCUT2D eigenvalue weighted by molar-refractivity contribution is 6.31. The van der Waals surface area contributed by atoms with Gasteiger partial charge in [0, 0.05) is 11.6 Å². The quantitative estimate of drug-likeness (QED) is 0.844. The van der Waals surface area contributed by atoms with Crippen molar-refractivity contribution in [3.63, 3.8) is 0 Å². The number of benzene rings is 1. The Morgan fingerprint density at radius 3 is 2.76 bits per heavy atom. The summed E-state index contributed by atoms with van der Waals surface area (Å²) in [6, 6.07) is 9.38. The van der Waals surface area contributed by atoms with Gasteiger partial charge in [0.25, 0.3) is 0 Å². The number of halogens is 1. The van der Waals surface area contributed by atoms with Crippen LogP contribution in [0, 0.1) is 0 Å². The molecule has 17 heavy (non-hydrogen) atoms. The van der Waals surface area contributed by atoms with Crippen LogP contribution in [0.15, 0.2) is 41.0 Å². The fraction of sp³-hybridized carbons (Fsp3) is 0.231. The van der Waals surface area contributed by atoms with Crippen molar-refractivity contribution in [2.45, 2.75) is 13.5 Å². The van der Waals surface area contributed by atoms with Gasteiger partial charge in [0.05, 0.1) is 24.2 Å². The van der Waals surface area contributed by atoms with E-state index >= 15 is 0 Å². The van der Waals surface area contributed by atoms with Gasteiger partial charge in [0.15, 0.2) is 0 Å². The van der Waals surface area contributed by atoms with E-state index in [2.05, 4.69) is 11.8 Å². The molecule has 0 spiro atoms. The first-order valence-electron chi connectivity index (χ1n) is 5.53. The summed E-state index contributed by atoms with van der Waals surface area (Å²) in [6.07, 6.45) is 1.67. The van der Waals surface area contributed by atoms with Crippen LogP contribution in [0.1, 0.15) is 12.7 Å². The van der Waals surface area contributed by atoms with Gasteiger partial charge in [-0.1, -0.05) is 11.6 Å². The summed E-state index contributed by atoms with van der Waals surface area (Å²) < 4.78 is 5.34. The number of hydrogen-bond acceptors (Lipinski definition) is 3. The van der Waals surface area contributed by atoms with Crippen LogP contribution in [0.25, 0.3) is 0 Å². The van der Waals surface area contributed by atoms with E-state index in [1.54, 1.807) is 12.3 Å². The van der Waals surface area contributed by atoms with E-state index in [0.717, 1.165) is 18.0 Å². The predicted molar refractivity (Wildman–Crippen MR) is 71.3 cm³/mol. The average Bonchev–Trinajstić information content (AvgIpc) is 2.79. The van der Waals surface area contributed by atoms with Crippen LogP contribution in [0.5, 0.6) is 0 Å². The lowest BCUT2D eigenvalue weighted by atomic mass is 10.2. The SMILES string of the molecule is CCN(Cc1ccco1)c1ccc(Cl)cc1N. The first-order valence-corrected chi connectivity index (χ1v) is 5.91. The summed E-state index contributed by atoms with van der Waals surface area (Å²) in [6.45, 7) is 3.64. The molecule has 4 heteroatoms. The molecule has 90 valence electrons. The summed E-state index contributed by atoms with van der Waals surface area (Å²) in [5.74, 6) is 0.918. The normalized spacial score (nSPS) is 10.5. The van der Waals surface area contributed by atoms with Crippen molar-refractivity contribution in [3.05, 3.63) is 47.4 Å². The van der Waals surface area contributed by atoms with Crippen LogP contribution in [-0.4, -0.2) is 6.54 Å². The molecule has 0 aliphatic rings. The molecule has 0 radical (unpaired) electrons. The van der Waals surface area contributed by atoms with E-state index in [-0.39, 0.29) is 0 Å². The molecule has 0 fully saturated rings. The van der Waals surface area contributed by atoms with E-state index in [1.165, 1.54) is 0 Å². The van der Waals surface area contributed by atoms with Gasteiger partial charge in [0.1, 0.15) is 5.76 Å². The van der Waals surface area contributed by atoms with Gasteiger partial charge >= 0.3 is 0 Å². The summed E-state index contributed by atoms with van der Waals surface area (Å²) in [7, 11) is 0. The van der Waals surface area contributed by atoms with Crippen LogP contribution in [0.3, 0.4) is 0 Å². The molecule has 2 rings (SSSR count). The summed E-state index contributed by atoms with van der Waals surface area (Å²) in [5.41, 5.74) is 7.64. The maximum absolute atomic E-state index is 5.97. The standard InChI is InChI=1S/C13H15ClN2O/c1-2-16(9-11-4-3-7-17-11)13-6-5-10(14)8-12(13)15/h3-8H,2,9,15H2,1H3. The number of nitrogens with two attached hydrogens (primary N) is 1. The molecule has 1 heterocycles.